The Morgan fingerprint density at radius 3 is 2.55 bits per heavy atom. The van der Waals surface area contributed by atoms with Gasteiger partial charge < -0.3 is 14.7 Å². The Kier molecular flexibility index (Phi) is 5.42. The molecule has 33 heavy (non-hydrogen) atoms. The number of fused-ring (bicyclic) bond motifs is 1. The summed E-state index contributed by atoms with van der Waals surface area (Å²) in [6.45, 7) is 0.835. The Morgan fingerprint density at radius 2 is 1.79 bits per heavy atom. The number of amides is 1. The first-order valence-electron chi connectivity index (χ1n) is 10.9. The second-order valence-electron chi connectivity index (χ2n) is 8.20. The number of carbonyl (C=O) groups excluding carboxylic acids is 2. The van der Waals surface area contributed by atoms with Gasteiger partial charge in [-0.15, -0.1) is 0 Å². The molecule has 166 valence electrons. The minimum Gasteiger partial charge on any atom is -0.507 e. The second-order valence-corrected chi connectivity index (χ2v) is 8.20. The molecular weight excluding hydrogens is 421 g/mol. The Balaban J connectivity index is 1.54. The average Bonchev–Trinajstić information content (AvgIpc) is 3.41. The first-order chi connectivity index (χ1) is 16.0. The molecule has 3 aromatic carbocycles. The normalized spacial score (nSPS) is 18.9. The zero-order chi connectivity index (χ0) is 22.9. The topological polar surface area (TPSA) is 66.8 Å². The lowest BCUT2D eigenvalue weighted by molar-refractivity contribution is -0.139. The van der Waals surface area contributed by atoms with Crippen LogP contribution in [-0.2, 0) is 22.4 Å². The maximum atomic E-state index is 13.3. The number of ketones is 1. The molecule has 1 N–H and O–H groups in total. The smallest absolute Gasteiger partial charge is 0.295 e. The fourth-order valence-corrected chi connectivity index (χ4v) is 4.48. The third-order valence-corrected chi connectivity index (χ3v) is 6.17. The summed E-state index contributed by atoms with van der Waals surface area (Å²) in [7, 11) is 0. The number of aliphatic hydroxyl groups excluding tert-OH is 1. The van der Waals surface area contributed by atoms with Gasteiger partial charge in [0, 0.05) is 18.5 Å². The zero-order valence-electron chi connectivity index (χ0n) is 17.8. The van der Waals surface area contributed by atoms with Gasteiger partial charge in [-0.1, -0.05) is 42.5 Å². The maximum absolute atomic E-state index is 13.3. The number of Topliss-reactive ketones (excluding diaryl/α,β-unsaturated/α-hetero) is 1. The first-order valence-corrected chi connectivity index (χ1v) is 10.9. The van der Waals surface area contributed by atoms with E-state index in [1.54, 1.807) is 24.3 Å². The third kappa shape index (κ3) is 3.89. The van der Waals surface area contributed by atoms with Crippen LogP contribution in [0.1, 0.15) is 28.3 Å². The van der Waals surface area contributed by atoms with Gasteiger partial charge in [-0.25, -0.2) is 4.39 Å². The van der Waals surface area contributed by atoms with E-state index < -0.39 is 17.7 Å². The van der Waals surface area contributed by atoms with Gasteiger partial charge in [-0.2, -0.15) is 0 Å². The van der Waals surface area contributed by atoms with Crippen LogP contribution in [0.2, 0.25) is 0 Å². The van der Waals surface area contributed by atoms with Crippen LogP contribution in [-0.4, -0.2) is 34.8 Å². The molecular formula is C27H22FNO4. The van der Waals surface area contributed by atoms with E-state index in [2.05, 4.69) is 0 Å². The van der Waals surface area contributed by atoms with Crippen LogP contribution < -0.4 is 4.74 Å². The molecule has 1 atom stereocenters. The number of ether oxygens (including phenoxy) is 1. The molecule has 2 heterocycles. The molecule has 3 aromatic rings. The third-order valence-electron chi connectivity index (χ3n) is 6.17. The summed E-state index contributed by atoms with van der Waals surface area (Å²) >= 11 is 0. The summed E-state index contributed by atoms with van der Waals surface area (Å²) in [5.41, 5.74) is 3.10. The predicted molar refractivity (Wildman–Crippen MR) is 121 cm³/mol. The molecule has 1 saturated heterocycles. The van der Waals surface area contributed by atoms with Crippen LogP contribution in [0.3, 0.4) is 0 Å². The number of nitrogens with zero attached hydrogens (tertiary/aromatic N) is 1. The zero-order valence-corrected chi connectivity index (χ0v) is 17.8. The summed E-state index contributed by atoms with van der Waals surface area (Å²) < 4.78 is 18.8. The van der Waals surface area contributed by atoms with Gasteiger partial charge in [0.25, 0.3) is 11.7 Å². The van der Waals surface area contributed by atoms with E-state index in [1.165, 1.54) is 17.0 Å². The molecule has 1 fully saturated rings. The number of halogens is 1. The van der Waals surface area contributed by atoms with Crippen LogP contribution in [0.4, 0.5) is 4.39 Å². The molecule has 0 spiro atoms. The van der Waals surface area contributed by atoms with E-state index >= 15 is 0 Å². The summed E-state index contributed by atoms with van der Waals surface area (Å²) in [5.74, 6) is -1.12. The van der Waals surface area contributed by atoms with Crippen molar-refractivity contribution in [2.24, 2.45) is 0 Å². The molecule has 5 rings (SSSR count). The van der Waals surface area contributed by atoms with Crippen molar-refractivity contribution in [3.8, 4) is 5.75 Å². The fourth-order valence-electron chi connectivity index (χ4n) is 4.48. The molecule has 1 unspecified atom stereocenters. The standard InChI is InChI=1S/C27H22FNO4/c28-21-9-6-17(7-10-21)12-14-29-24(18-4-2-1-3-5-18)23(26(31)27(29)32)25(30)20-8-11-22-19(16-20)13-15-33-22/h1-11,16,24,30H,12-15H2/b25-23-. The van der Waals surface area contributed by atoms with Gasteiger partial charge >= 0.3 is 0 Å². The molecule has 0 aliphatic carbocycles. The molecule has 2 aliphatic rings. The number of hydrogen-bond acceptors (Lipinski definition) is 4. The molecule has 0 saturated carbocycles. The Labute approximate surface area is 190 Å². The maximum Gasteiger partial charge on any atom is 0.295 e. The van der Waals surface area contributed by atoms with Gasteiger partial charge in [0.1, 0.15) is 17.3 Å². The van der Waals surface area contributed by atoms with Crippen LogP contribution in [0, 0.1) is 5.82 Å². The quantitative estimate of drug-likeness (QED) is 0.360. The van der Waals surface area contributed by atoms with Crippen molar-refractivity contribution >= 4 is 17.4 Å². The molecule has 6 heteroatoms. The molecule has 0 radical (unpaired) electrons. The second kappa shape index (κ2) is 8.54. The summed E-state index contributed by atoms with van der Waals surface area (Å²) in [6, 6.07) is 19.8. The molecule has 1 amide bonds. The number of benzene rings is 3. The van der Waals surface area contributed by atoms with E-state index in [9.17, 15) is 19.1 Å². The molecule has 5 nitrogen and oxygen atoms in total. The van der Waals surface area contributed by atoms with Gasteiger partial charge in [0.15, 0.2) is 0 Å². The van der Waals surface area contributed by atoms with E-state index in [0.29, 0.717) is 18.6 Å². The number of likely N-dealkylation sites (tertiary alicyclic amines) is 1. The SMILES string of the molecule is O=C1C(=O)N(CCc2ccc(F)cc2)C(c2ccccc2)/C1=C(/O)c1ccc2c(c1)CCO2. The number of carbonyl (C=O) groups is 2. The summed E-state index contributed by atoms with van der Waals surface area (Å²) in [5, 5.41) is 11.2. The van der Waals surface area contributed by atoms with Crippen molar-refractivity contribution in [1.82, 2.24) is 4.90 Å². The van der Waals surface area contributed by atoms with Gasteiger partial charge in [0.2, 0.25) is 0 Å². The highest BCUT2D eigenvalue weighted by Gasteiger charge is 2.45. The van der Waals surface area contributed by atoms with Crippen molar-refractivity contribution in [3.63, 3.8) is 0 Å². The highest BCUT2D eigenvalue weighted by molar-refractivity contribution is 6.46. The highest BCUT2D eigenvalue weighted by atomic mass is 19.1. The van der Waals surface area contributed by atoms with Crippen LogP contribution in [0.25, 0.3) is 5.76 Å². The number of hydrogen-bond donors (Lipinski definition) is 1. The van der Waals surface area contributed by atoms with Gasteiger partial charge in [-0.05, 0) is 53.4 Å². The monoisotopic (exact) mass is 443 g/mol. The van der Waals surface area contributed by atoms with E-state index in [-0.39, 0.29) is 23.7 Å². The first kappa shape index (κ1) is 20.9. The van der Waals surface area contributed by atoms with E-state index in [4.69, 9.17) is 4.74 Å². The molecule has 2 aliphatic heterocycles. The van der Waals surface area contributed by atoms with Gasteiger partial charge in [0.05, 0.1) is 18.2 Å². The van der Waals surface area contributed by atoms with Crippen LogP contribution in [0.5, 0.6) is 5.75 Å². The Morgan fingerprint density at radius 1 is 1.03 bits per heavy atom. The summed E-state index contributed by atoms with van der Waals surface area (Å²) in [4.78, 5) is 27.7. The lowest BCUT2D eigenvalue weighted by atomic mass is 9.94. The van der Waals surface area contributed by atoms with Crippen molar-refractivity contribution in [1.29, 1.82) is 0 Å². The van der Waals surface area contributed by atoms with E-state index in [0.717, 1.165) is 28.9 Å². The highest BCUT2D eigenvalue weighted by Crippen LogP contribution is 2.40. The van der Waals surface area contributed by atoms with Gasteiger partial charge in [-0.3, -0.25) is 9.59 Å². The van der Waals surface area contributed by atoms with E-state index in [1.807, 2.05) is 36.4 Å². The fraction of sp³-hybridized carbons (Fsp3) is 0.185. The number of aliphatic hydroxyl groups is 1. The molecule has 0 bridgehead atoms. The lowest BCUT2D eigenvalue weighted by Gasteiger charge is -2.25. The summed E-state index contributed by atoms with van der Waals surface area (Å²) in [6.07, 6.45) is 1.18. The predicted octanol–water partition coefficient (Wildman–Crippen LogP) is 4.43. The molecule has 0 aromatic heterocycles. The number of rotatable bonds is 5. The van der Waals surface area contributed by atoms with Crippen molar-refractivity contribution < 1.29 is 23.8 Å². The average molecular weight is 443 g/mol. The lowest BCUT2D eigenvalue weighted by Crippen LogP contribution is -2.31. The Hall–Kier alpha value is -3.93. The van der Waals surface area contributed by atoms with Crippen molar-refractivity contribution in [2.45, 2.75) is 18.9 Å². The Bertz CT molecular complexity index is 1250. The van der Waals surface area contributed by atoms with Crippen molar-refractivity contribution in [2.75, 3.05) is 13.2 Å². The minimum absolute atomic E-state index is 0.0733. The largest absolute Gasteiger partial charge is 0.507 e. The van der Waals surface area contributed by atoms with Crippen LogP contribution >= 0.6 is 0 Å². The van der Waals surface area contributed by atoms with Crippen molar-refractivity contribution in [3.05, 3.63) is 106 Å². The minimum atomic E-state index is -0.712. The van der Waals surface area contributed by atoms with Crippen LogP contribution in [0.15, 0.2) is 78.4 Å².